The second kappa shape index (κ2) is 5.43. The molecule has 0 aliphatic heterocycles. The Morgan fingerprint density at radius 1 is 1.41 bits per heavy atom. The Balaban J connectivity index is 2.44. The van der Waals surface area contributed by atoms with Crippen molar-refractivity contribution < 1.29 is 0 Å². The van der Waals surface area contributed by atoms with Crippen molar-refractivity contribution in [3.63, 3.8) is 0 Å². The van der Waals surface area contributed by atoms with Crippen LogP contribution < -0.4 is 5.32 Å². The SMILES string of the molecule is CCc1ccsc1C(NC)c1cnccc1C. The van der Waals surface area contributed by atoms with E-state index in [1.54, 1.807) is 0 Å². The summed E-state index contributed by atoms with van der Waals surface area (Å²) in [6.45, 7) is 4.34. The lowest BCUT2D eigenvalue weighted by Crippen LogP contribution is -2.18. The number of nitrogens with zero attached hydrogens (tertiary/aromatic N) is 1. The van der Waals surface area contributed by atoms with Crippen molar-refractivity contribution in [3.05, 3.63) is 51.5 Å². The molecule has 0 amide bonds. The summed E-state index contributed by atoms with van der Waals surface area (Å²) in [4.78, 5) is 5.65. The van der Waals surface area contributed by atoms with E-state index in [4.69, 9.17) is 0 Å². The molecule has 2 rings (SSSR count). The van der Waals surface area contributed by atoms with Gasteiger partial charge in [0.15, 0.2) is 0 Å². The zero-order chi connectivity index (χ0) is 12.3. The van der Waals surface area contributed by atoms with Crippen molar-refractivity contribution in [2.75, 3.05) is 7.05 Å². The Hall–Kier alpha value is -1.19. The summed E-state index contributed by atoms with van der Waals surface area (Å²) in [6.07, 6.45) is 4.90. The maximum Gasteiger partial charge on any atom is 0.0689 e. The predicted molar refractivity (Wildman–Crippen MR) is 73.6 cm³/mol. The van der Waals surface area contributed by atoms with Gasteiger partial charge in [0.05, 0.1) is 6.04 Å². The van der Waals surface area contributed by atoms with Gasteiger partial charge < -0.3 is 5.32 Å². The lowest BCUT2D eigenvalue weighted by molar-refractivity contribution is 0.689. The summed E-state index contributed by atoms with van der Waals surface area (Å²) in [6, 6.07) is 4.55. The molecule has 0 aliphatic carbocycles. The number of nitrogens with one attached hydrogen (secondary N) is 1. The first-order chi connectivity index (χ1) is 8.27. The highest BCUT2D eigenvalue weighted by atomic mass is 32.1. The van der Waals surface area contributed by atoms with Gasteiger partial charge in [-0.25, -0.2) is 0 Å². The summed E-state index contributed by atoms with van der Waals surface area (Å²) < 4.78 is 0. The third-order valence-electron chi connectivity index (χ3n) is 3.10. The Bertz CT molecular complexity index is 490. The zero-order valence-electron chi connectivity index (χ0n) is 10.5. The van der Waals surface area contributed by atoms with E-state index < -0.39 is 0 Å². The summed E-state index contributed by atoms with van der Waals surface area (Å²) >= 11 is 1.82. The van der Waals surface area contributed by atoms with Gasteiger partial charge in [-0.15, -0.1) is 11.3 Å². The van der Waals surface area contributed by atoms with Gasteiger partial charge in [0, 0.05) is 17.3 Å². The van der Waals surface area contributed by atoms with Crippen molar-refractivity contribution in [2.45, 2.75) is 26.3 Å². The number of aryl methyl sites for hydroxylation is 2. The van der Waals surface area contributed by atoms with Crippen molar-refractivity contribution in [3.8, 4) is 0 Å². The molecule has 90 valence electrons. The number of rotatable bonds is 4. The number of thiophene rings is 1. The molecule has 3 heteroatoms. The average Bonchev–Trinajstić information content (AvgIpc) is 2.81. The lowest BCUT2D eigenvalue weighted by Gasteiger charge is -2.18. The minimum Gasteiger partial charge on any atom is -0.309 e. The number of pyridine rings is 1. The van der Waals surface area contributed by atoms with Gasteiger partial charge in [-0.1, -0.05) is 6.92 Å². The van der Waals surface area contributed by atoms with E-state index in [9.17, 15) is 0 Å². The second-order valence-corrected chi connectivity index (χ2v) is 5.07. The summed E-state index contributed by atoms with van der Waals surface area (Å²) in [5.74, 6) is 0. The Morgan fingerprint density at radius 2 is 2.24 bits per heavy atom. The molecule has 0 saturated heterocycles. The molecule has 2 nitrogen and oxygen atoms in total. The summed E-state index contributed by atoms with van der Waals surface area (Å²) in [5, 5.41) is 5.58. The first-order valence-electron chi connectivity index (χ1n) is 5.92. The second-order valence-electron chi connectivity index (χ2n) is 4.12. The highest BCUT2D eigenvalue weighted by Gasteiger charge is 2.18. The van der Waals surface area contributed by atoms with E-state index in [-0.39, 0.29) is 6.04 Å². The molecular weight excluding hydrogens is 228 g/mol. The molecular formula is C14H18N2S. The van der Waals surface area contributed by atoms with Crippen LogP contribution in [0.25, 0.3) is 0 Å². The lowest BCUT2D eigenvalue weighted by atomic mass is 9.99. The van der Waals surface area contributed by atoms with Gasteiger partial charge in [0.25, 0.3) is 0 Å². The van der Waals surface area contributed by atoms with Crippen LogP contribution in [0.5, 0.6) is 0 Å². The molecule has 1 N–H and O–H groups in total. The van der Waals surface area contributed by atoms with Gasteiger partial charge in [0.2, 0.25) is 0 Å². The first-order valence-corrected chi connectivity index (χ1v) is 6.80. The average molecular weight is 246 g/mol. The molecule has 1 unspecified atom stereocenters. The largest absolute Gasteiger partial charge is 0.309 e. The third kappa shape index (κ3) is 2.40. The van der Waals surface area contributed by atoms with E-state index in [2.05, 4.69) is 41.7 Å². The van der Waals surface area contributed by atoms with Crippen LogP contribution in [-0.2, 0) is 6.42 Å². The fourth-order valence-corrected chi connectivity index (χ4v) is 3.22. The minimum absolute atomic E-state index is 0.263. The highest BCUT2D eigenvalue weighted by Crippen LogP contribution is 2.30. The van der Waals surface area contributed by atoms with Crippen LogP contribution in [-0.4, -0.2) is 12.0 Å². The van der Waals surface area contributed by atoms with Gasteiger partial charge in [-0.2, -0.15) is 0 Å². The molecule has 0 radical (unpaired) electrons. The van der Waals surface area contributed by atoms with Gasteiger partial charge in [-0.05, 0) is 54.6 Å². The van der Waals surface area contributed by atoms with Gasteiger partial charge >= 0.3 is 0 Å². The summed E-state index contributed by atoms with van der Waals surface area (Å²) in [5.41, 5.74) is 3.99. The number of hydrogen-bond donors (Lipinski definition) is 1. The fraction of sp³-hybridized carbons (Fsp3) is 0.357. The van der Waals surface area contributed by atoms with Crippen molar-refractivity contribution in [1.82, 2.24) is 10.3 Å². The van der Waals surface area contributed by atoms with E-state index in [0.717, 1.165) is 6.42 Å². The molecule has 0 bridgehead atoms. The minimum atomic E-state index is 0.263. The monoisotopic (exact) mass is 246 g/mol. The first kappa shape index (κ1) is 12.3. The molecule has 0 fully saturated rings. The van der Waals surface area contributed by atoms with Crippen molar-refractivity contribution in [2.24, 2.45) is 0 Å². The van der Waals surface area contributed by atoms with Crippen LogP contribution in [0.3, 0.4) is 0 Å². The van der Waals surface area contributed by atoms with Crippen LogP contribution in [0.1, 0.15) is 34.5 Å². The van der Waals surface area contributed by atoms with E-state index in [1.807, 2.05) is 30.8 Å². The number of aromatic nitrogens is 1. The fourth-order valence-electron chi connectivity index (χ4n) is 2.10. The Kier molecular flexibility index (Phi) is 3.92. The van der Waals surface area contributed by atoms with Crippen molar-refractivity contribution >= 4 is 11.3 Å². The zero-order valence-corrected chi connectivity index (χ0v) is 11.3. The molecule has 2 heterocycles. The highest BCUT2D eigenvalue weighted by molar-refractivity contribution is 7.10. The maximum absolute atomic E-state index is 4.24. The summed E-state index contributed by atoms with van der Waals surface area (Å²) in [7, 11) is 2.01. The van der Waals surface area contributed by atoms with Crippen LogP contribution in [0.15, 0.2) is 29.9 Å². The quantitative estimate of drug-likeness (QED) is 0.895. The molecule has 2 aromatic rings. The van der Waals surface area contributed by atoms with E-state index in [0.29, 0.717) is 0 Å². The van der Waals surface area contributed by atoms with Crippen LogP contribution in [0, 0.1) is 6.92 Å². The normalized spacial score (nSPS) is 12.6. The van der Waals surface area contributed by atoms with Gasteiger partial charge in [0.1, 0.15) is 0 Å². The molecule has 2 aromatic heterocycles. The molecule has 0 saturated carbocycles. The van der Waals surface area contributed by atoms with Gasteiger partial charge in [-0.3, -0.25) is 4.98 Å². The molecule has 1 atom stereocenters. The van der Waals surface area contributed by atoms with E-state index in [1.165, 1.54) is 21.6 Å². The smallest absolute Gasteiger partial charge is 0.0689 e. The molecule has 0 aliphatic rings. The number of hydrogen-bond acceptors (Lipinski definition) is 3. The van der Waals surface area contributed by atoms with Crippen LogP contribution >= 0.6 is 11.3 Å². The Labute approximate surface area is 107 Å². The van der Waals surface area contributed by atoms with Crippen molar-refractivity contribution in [1.29, 1.82) is 0 Å². The molecule has 17 heavy (non-hydrogen) atoms. The third-order valence-corrected chi connectivity index (χ3v) is 4.13. The predicted octanol–water partition coefficient (Wildman–Crippen LogP) is 3.32. The van der Waals surface area contributed by atoms with Crippen LogP contribution in [0.2, 0.25) is 0 Å². The maximum atomic E-state index is 4.24. The molecule has 0 spiro atoms. The van der Waals surface area contributed by atoms with Crippen LogP contribution in [0.4, 0.5) is 0 Å². The van der Waals surface area contributed by atoms with E-state index >= 15 is 0 Å². The topological polar surface area (TPSA) is 24.9 Å². The molecule has 0 aromatic carbocycles. The Morgan fingerprint density at radius 3 is 2.88 bits per heavy atom. The standard InChI is InChI=1S/C14H18N2S/c1-4-11-6-8-17-14(11)13(15-3)12-9-16-7-5-10(12)2/h5-9,13,15H,4H2,1-3H3.